The Morgan fingerprint density at radius 3 is 2.83 bits per heavy atom. The zero-order valence-corrected chi connectivity index (χ0v) is 12.3. The predicted octanol–water partition coefficient (Wildman–Crippen LogP) is -0.116. The van der Waals surface area contributed by atoms with Gasteiger partial charge in [0.25, 0.3) is 0 Å². The maximum Gasteiger partial charge on any atom is 0.414 e. The third kappa shape index (κ3) is 3.06. The van der Waals surface area contributed by atoms with Crippen LogP contribution in [-0.4, -0.2) is 61.6 Å². The smallest absolute Gasteiger partial charge is 0.414 e. The van der Waals surface area contributed by atoms with E-state index in [9.17, 15) is 14.0 Å². The summed E-state index contributed by atoms with van der Waals surface area (Å²) in [5, 5.41) is 10.4. The average Bonchev–Trinajstić information content (AvgIpc) is 2.96. The number of halogens is 1. The van der Waals surface area contributed by atoms with E-state index in [1.807, 2.05) is 0 Å². The lowest BCUT2D eigenvalue weighted by Gasteiger charge is -2.35. The lowest BCUT2D eigenvalue weighted by molar-refractivity contribution is -0.121. The maximum absolute atomic E-state index is 14.4. The number of hydrogen-bond donors (Lipinski definition) is 2. The monoisotopic (exact) mass is 324 g/mol. The molecule has 124 valence electrons. The number of aliphatic hydroxyl groups excluding tert-OH is 1. The second-order valence-corrected chi connectivity index (χ2v) is 5.31. The number of amides is 2. The van der Waals surface area contributed by atoms with Crippen LogP contribution in [0.5, 0.6) is 0 Å². The first-order valence-corrected chi connectivity index (χ1v) is 7.21. The minimum atomic E-state index is -0.600. The van der Waals surface area contributed by atoms with E-state index in [2.05, 4.69) is 5.43 Å². The van der Waals surface area contributed by atoms with Crippen molar-refractivity contribution in [3.63, 3.8) is 0 Å². The minimum Gasteiger partial charge on any atom is -0.441 e. The molecule has 0 unspecified atom stereocenters. The fourth-order valence-corrected chi connectivity index (χ4v) is 2.61. The third-order valence-electron chi connectivity index (χ3n) is 3.86. The first-order chi connectivity index (χ1) is 11.1. The van der Waals surface area contributed by atoms with Crippen LogP contribution in [-0.2, 0) is 9.53 Å². The van der Waals surface area contributed by atoms with Gasteiger partial charge in [0, 0.05) is 6.54 Å². The second kappa shape index (κ2) is 6.39. The number of hydrazine groups is 1. The summed E-state index contributed by atoms with van der Waals surface area (Å²) in [5.74, 6) is -0.468. The Labute approximate surface area is 132 Å². The highest BCUT2D eigenvalue weighted by Gasteiger charge is 2.32. The molecule has 0 aliphatic carbocycles. The van der Waals surface area contributed by atoms with Crippen LogP contribution in [0.3, 0.4) is 0 Å². The molecule has 9 heteroatoms. The van der Waals surface area contributed by atoms with E-state index in [4.69, 9.17) is 9.84 Å². The molecular formula is C14H17FN4O4. The van der Waals surface area contributed by atoms with Gasteiger partial charge < -0.3 is 14.7 Å². The summed E-state index contributed by atoms with van der Waals surface area (Å²) in [6, 6.07) is 4.48. The summed E-state index contributed by atoms with van der Waals surface area (Å²) in [5.41, 5.74) is 3.62. The summed E-state index contributed by atoms with van der Waals surface area (Å²) in [4.78, 5) is 25.4. The van der Waals surface area contributed by atoms with Gasteiger partial charge in [-0.05, 0) is 18.2 Å². The van der Waals surface area contributed by atoms with Crippen LogP contribution in [0.2, 0.25) is 0 Å². The normalized spacial score (nSPS) is 21.6. The van der Waals surface area contributed by atoms with Crippen molar-refractivity contribution in [1.29, 1.82) is 0 Å². The van der Waals surface area contributed by atoms with Crippen molar-refractivity contribution in [2.45, 2.75) is 6.10 Å². The van der Waals surface area contributed by atoms with Crippen molar-refractivity contribution in [3.8, 4) is 0 Å². The molecule has 23 heavy (non-hydrogen) atoms. The summed E-state index contributed by atoms with van der Waals surface area (Å²) in [6.07, 6.45) is -0.504. The zero-order valence-electron chi connectivity index (χ0n) is 12.3. The molecular weight excluding hydrogens is 307 g/mol. The average molecular weight is 324 g/mol. The zero-order chi connectivity index (χ0) is 16.4. The van der Waals surface area contributed by atoms with Gasteiger partial charge in [-0.2, -0.15) is 0 Å². The number of cyclic esters (lactones) is 1. The number of carbonyl (C=O) groups excluding carboxylic acids is 2. The number of nitrogens with zero attached hydrogens (tertiary/aromatic N) is 3. The van der Waals surface area contributed by atoms with E-state index < -0.39 is 18.0 Å². The van der Waals surface area contributed by atoms with Crippen LogP contribution in [0.4, 0.5) is 20.6 Å². The Morgan fingerprint density at radius 1 is 1.43 bits per heavy atom. The van der Waals surface area contributed by atoms with Gasteiger partial charge in [-0.1, -0.05) is 0 Å². The van der Waals surface area contributed by atoms with Gasteiger partial charge in [-0.25, -0.2) is 14.6 Å². The summed E-state index contributed by atoms with van der Waals surface area (Å²) < 4.78 is 19.3. The standard InChI is InChI=1S/C14H17FN4O4/c15-12-5-10(19-6-11(7-20)23-14(19)22)1-2-13(12)17-3-4-18(9-21)16-8-17/h1-2,5,9,11,16,20H,3-4,6-8H2/t11-/m1/s1. The highest BCUT2D eigenvalue weighted by atomic mass is 19.1. The van der Waals surface area contributed by atoms with Crippen LogP contribution in [0.1, 0.15) is 0 Å². The molecule has 0 saturated carbocycles. The Hall–Kier alpha value is -2.39. The molecule has 1 atom stereocenters. The van der Waals surface area contributed by atoms with Gasteiger partial charge in [0.15, 0.2) is 0 Å². The van der Waals surface area contributed by atoms with Gasteiger partial charge in [-0.15, -0.1) is 0 Å². The number of anilines is 2. The molecule has 2 fully saturated rings. The number of benzene rings is 1. The van der Waals surface area contributed by atoms with Gasteiger partial charge in [0.2, 0.25) is 6.41 Å². The predicted molar refractivity (Wildman–Crippen MR) is 79.2 cm³/mol. The second-order valence-electron chi connectivity index (χ2n) is 5.31. The van der Waals surface area contributed by atoms with Crippen molar-refractivity contribution in [2.24, 2.45) is 0 Å². The summed E-state index contributed by atoms with van der Waals surface area (Å²) in [6.45, 7) is 1.18. The first kappa shape index (κ1) is 15.5. The Balaban J connectivity index is 1.74. The molecule has 2 amide bonds. The Morgan fingerprint density at radius 2 is 2.26 bits per heavy atom. The number of aliphatic hydroxyl groups is 1. The van der Waals surface area contributed by atoms with Gasteiger partial charge in [0.1, 0.15) is 11.9 Å². The van der Waals surface area contributed by atoms with Crippen molar-refractivity contribution in [1.82, 2.24) is 10.4 Å². The number of carbonyl (C=O) groups is 2. The number of hydrogen-bond acceptors (Lipinski definition) is 6. The molecule has 2 saturated heterocycles. The highest BCUT2D eigenvalue weighted by molar-refractivity contribution is 5.90. The lowest BCUT2D eigenvalue weighted by Crippen LogP contribution is -2.53. The first-order valence-electron chi connectivity index (χ1n) is 7.21. The Kier molecular flexibility index (Phi) is 4.30. The van der Waals surface area contributed by atoms with E-state index in [1.165, 1.54) is 16.0 Å². The molecule has 2 aliphatic rings. The van der Waals surface area contributed by atoms with Gasteiger partial charge in [0.05, 0.1) is 37.7 Å². The molecule has 0 bridgehead atoms. The maximum atomic E-state index is 14.4. The summed E-state index contributed by atoms with van der Waals surface area (Å²) >= 11 is 0. The fourth-order valence-electron chi connectivity index (χ4n) is 2.61. The SMILES string of the molecule is O=CN1CCN(c2ccc(N3C[C@H](CO)OC3=O)cc2F)CN1. The topological polar surface area (TPSA) is 85.4 Å². The van der Waals surface area contributed by atoms with Crippen molar-refractivity contribution in [2.75, 3.05) is 42.7 Å². The van der Waals surface area contributed by atoms with Gasteiger partial charge >= 0.3 is 6.09 Å². The molecule has 1 aromatic carbocycles. The Bertz CT molecular complexity index is 606. The molecule has 2 aliphatic heterocycles. The van der Waals surface area contributed by atoms with E-state index in [0.29, 0.717) is 37.5 Å². The van der Waals surface area contributed by atoms with Crippen molar-refractivity contribution < 1.29 is 23.8 Å². The number of nitrogens with one attached hydrogen (secondary N) is 1. The largest absolute Gasteiger partial charge is 0.441 e. The van der Waals surface area contributed by atoms with Crippen molar-refractivity contribution in [3.05, 3.63) is 24.0 Å². The molecule has 2 heterocycles. The molecule has 0 spiro atoms. The lowest BCUT2D eigenvalue weighted by atomic mass is 10.2. The molecule has 0 aromatic heterocycles. The molecule has 1 aromatic rings. The van der Waals surface area contributed by atoms with Crippen LogP contribution in [0.15, 0.2) is 18.2 Å². The van der Waals surface area contributed by atoms with E-state index >= 15 is 0 Å². The molecule has 2 N–H and O–H groups in total. The van der Waals surface area contributed by atoms with Gasteiger partial charge in [-0.3, -0.25) is 14.7 Å². The molecule has 0 radical (unpaired) electrons. The quantitative estimate of drug-likeness (QED) is 0.752. The third-order valence-corrected chi connectivity index (χ3v) is 3.86. The minimum absolute atomic E-state index is 0.188. The molecule has 8 nitrogen and oxygen atoms in total. The van der Waals surface area contributed by atoms with Crippen molar-refractivity contribution >= 4 is 23.9 Å². The summed E-state index contributed by atoms with van der Waals surface area (Å²) in [7, 11) is 0. The number of rotatable bonds is 4. The van der Waals surface area contributed by atoms with Crippen LogP contribution in [0.25, 0.3) is 0 Å². The van der Waals surface area contributed by atoms with Crippen LogP contribution in [0, 0.1) is 5.82 Å². The van der Waals surface area contributed by atoms with E-state index in [-0.39, 0.29) is 13.2 Å². The molecule has 3 rings (SSSR count). The number of ether oxygens (including phenoxy) is 1. The van der Waals surface area contributed by atoms with E-state index in [1.54, 1.807) is 17.0 Å². The van der Waals surface area contributed by atoms with Crippen LogP contribution >= 0.6 is 0 Å². The fraction of sp³-hybridized carbons (Fsp3) is 0.429. The van der Waals surface area contributed by atoms with Crippen LogP contribution < -0.4 is 15.2 Å². The highest BCUT2D eigenvalue weighted by Crippen LogP contribution is 2.28. The van der Waals surface area contributed by atoms with E-state index in [0.717, 1.165) is 0 Å².